The van der Waals surface area contributed by atoms with Crippen molar-refractivity contribution in [1.82, 2.24) is 10.3 Å². The number of rotatable bonds is 7. The zero-order valence-electron chi connectivity index (χ0n) is 16.7. The molecule has 0 amide bonds. The summed E-state index contributed by atoms with van der Waals surface area (Å²) in [6.07, 6.45) is 0.699. The molecule has 0 bridgehead atoms. The summed E-state index contributed by atoms with van der Waals surface area (Å²) in [5, 5.41) is 20.2. The molecule has 0 saturated carbocycles. The van der Waals surface area contributed by atoms with Crippen molar-refractivity contribution in [1.29, 1.82) is 5.41 Å². The molecule has 1 unspecified atom stereocenters. The van der Waals surface area contributed by atoms with Crippen LogP contribution in [0.1, 0.15) is 43.2 Å². The van der Waals surface area contributed by atoms with Crippen LogP contribution in [-0.4, -0.2) is 39.1 Å². The van der Waals surface area contributed by atoms with Gasteiger partial charge in [-0.1, -0.05) is 24.3 Å². The molecular weight excluding hydrogens is 352 g/mol. The molecule has 2 heterocycles. The van der Waals surface area contributed by atoms with E-state index in [1.165, 1.54) is 23.0 Å². The Morgan fingerprint density at radius 1 is 1.29 bits per heavy atom. The molecule has 0 spiro atoms. The number of anilines is 1. The van der Waals surface area contributed by atoms with Gasteiger partial charge in [0, 0.05) is 19.6 Å². The van der Waals surface area contributed by atoms with Crippen molar-refractivity contribution < 1.29 is 9.68 Å². The van der Waals surface area contributed by atoms with Crippen LogP contribution < -0.4 is 16.0 Å². The monoisotopic (exact) mass is 381 g/mol. The standard InChI is InChI=1S/C21H28N6O/c1-14(2)27(13-22)21(23)19-8-5-9-20(25-19)26-11-17-7-4-6-16(18(17)12-26)10-24-15(3)28/h4-9,13-15,22-24,28H,10-12H2,1-3H3/p+1. The Morgan fingerprint density at radius 3 is 2.71 bits per heavy atom. The van der Waals surface area contributed by atoms with Crippen molar-refractivity contribution in [2.75, 3.05) is 4.90 Å². The van der Waals surface area contributed by atoms with E-state index in [-0.39, 0.29) is 6.04 Å². The molecule has 0 aliphatic carbocycles. The SMILES string of the molecule is CC(O)NCc1cccc2c1CN(c1cccc(C(N)=[N+](C=N)C(C)C)n1)C2. The van der Waals surface area contributed by atoms with Crippen LogP contribution in [0, 0.1) is 5.41 Å². The van der Waals surface area contributed by atoms with E-state index >= 15 is 0 Å². The number of aromatic nitrogens is 1. The topological polar surface area (TPSA) is 101 Å². The Hall–Kier alpha value is -2.77. The summed E-state index contributed by atoms with van der Waals surface area (Å²) in [5.74, 6) is 1.34. The number of aliphatic hydroxyl groups excluding tert-OH is 1. The fourth-order valence-electron chi connectivity index (χ4n) is 3.45. The van der Waals surface area contributed by atoms with Gasteiger partial charge in [-0.2, -0.15) is 5.41 Å². The number of pyridine rings is 1. The second-order valence-electron chi connectivity index (χ2n) is 7.36. The largest absolute Gasteiger partial charge is 0.379 e. The van der Waals surface area contributed by atoms with Gasteiger partial charge < -0.3 is 15.7 Å². The maximum absolute atomic E-state index is 9.51. The Bertz CT molecular complexity index is 890. The van der Waals surface area contributed by atoms with Crippen LogP contribution in [0.5, 0.6) is 0 Å². The zero-order valence-corrected chi connectivity index (χ0v) is 16.7. The summed E-state index contributed by atoms with van der Waals surface area (Å²) >= 11 is 0. The van der Waals surface area contributed by atoms with Crippen LogP contribution in [0.4, 0.5) is 5.82 Å². The van der Waals surface area contributed by atoms with E-state index in [0.717, 1.165) is 18.9 Å². The lowest BCUT2D eigenvalue weighted by Gasteiger charge is -2.18. The Kier molecular flexibility index (Phi) is 6.06. The lowest BCUT2D eigenvalue weighted by Crippen LogP contribution is -2.34. The number of nitrogens with two attached hydrogens (primary N) is 1. The molecule has 1 atom stereocenters. The van der Waals surface area contributed by atoms with E-state index in [4.69, 9.17) is 16.1 Å². The van der Waals surface area contributed by atoms with Gasteiger partial charge in [-0.3, -0.25) is 5.32 Å². The molecule has 1 aliphatic rings. The lowest BCUT2D eigenvalue weighted by atomic mass is 10.0. The minimum atomic E-state index is -0.539. The van der Waals surface area contributed by atoms with Gasteiger partial charge >= 0.3 is 0 Å². The van der Waals surface area contributed by atoms with Crippen LogP contribution in [0.2, 0.25) is 0 Å². The molecule has 148 valence electrons. The number of amidine groups is 1. The first-order chi connectivity index (χ1) is 13.4. The molecule has 7 nitrogen and oxygen atoms in total. The minimum absolute atomic E-state index is 0.0861. The molecule has 5 N–H and O–H groups in total. The second kappa shape index (κ2) is 8.50. The molecule has 1 aromatic carbocycles. The van der Waals surface area contributed by atoms with E-state index in [1.54, 1.807) is 11.5 Å². The van der Waals surface area contributed by atoms with Crippen LogP contribution in [-0.2, 0) is 19.6 Å². The lowest BCUT2D eigenvalue weighted by molar-refractivity contribution is -0.437. The predicted octanol–water partition coefficient (Wildman–Crippen LogP) is 1.76. The third-order valence-electron chi connectivity index (χ3n) is 4.96. The molecule has 1 aromatic heterocycles. The van der Waals surface area contributed by atoms with Gasteiger partial charge in [0.25, 0.3) is 0 Å². The summed E-state index contributed by atoms with van der Waals surface area (Å²) in [6.45, 7) is 7.88. The van der Waals surface area contributed by atoms with Crippen molar-refractivity contribution in [3.63, 3.8) is 0 Å². The zero-order chi connectivity index (χ0) is 20.3. The highest BCUT2D eigenvalue weighted by Crippen LogP contribution is 2.29. The molecule has 2 aromatic rings. The maximum Gasteiger partial charge on any atom is 0.245 e. The number of hydrogen-bond donors (Lipinski definition) is 4. The van der Waals surface area contributed by atoms with Gasteiger partial charge in [0.2, 0.25) is 12.2 Å². The van der Waals surface area contributed by atoms with E-state index in [9.17, 15) is 5.11 Å². The van der Waals surface area contributed by atoms with E-state index < -0.39 is 6.23 Å². The van der Waals surface area contributed by atoms with Gasteiger partial charge in [-0.25, -0.2) is 9.56 Å². The van der Waals surface area contributed by atoms with E-state index in [1.807, 2.05) is 32.0 Å². The number of aliphatic hydroxyl groups is 1. The minimum Gasteiger partial charge on any atom is -0.379 e. The van der Waals surface area contributed by atoms with Crippen molar-refractivity contribution in [3.05, 3.63) is 58.8 Å². The summed E-state index contributed by atoms with van der Waals surface area (Å²) in [5.41, 5.74) is 10.7. The molecule has 3 rings (SSSR count). The summed E-state index contributed by atoms with van der Waals surface area (Å²) in [4.78, 5) is 6.98. The summed E-state index contributed by atoms with van der Waals surface area (Å²) < 4.78 is 1.70. The highest BCUT2D eigenvalue weighted by atomic mass is 16.3. The molecule has 0 fully saturated rings. The summed E-state index contributed by atoms with van der Waals surface area (Å²) in [6, 6.07) is 12.2. The number of fused-ring (bicyclic) bond motifs is 1. The fraction of sp³-hybridized carbons (Fsp3) is 0.381. The van der Waals surface area contributed by atoms with Crippen molar-refractivity contribution in [2.24, 2.45) is 5.73 Å². The third kappa shape index (κ3) is 4.21. The van der Waals surface area contributed by atoms with Gasteiger partial charge in [0.15, 0.2) is 0 Å². The maximum atomic E-state index is 9.51. The van der Waals surface area contributed by atoms with Gasteiger partial charge in [0.05, 0.1) is 6.04 Å². The fourth-order valence-corrected chi connectivity index (χ4v) is 3.45. The first kappa shape index (κ1) is 20.0. The molecule has 28 heavy (non-hydrogen) atoms. The van der Waals surface area contributed by atoms with E-state index in [0.29, 0.717) is 18.1 Å². The molecular formula is C21H29N6O+. The third-order valence-corrected chi connectivity index (χ3v) is 4.96. The number of nitrogens with one attached hydrogen (secondary N) is 2. The number of nitrogens with zero attached hydrogens (tertiary/aromatic N) is 3. The van der Waals surface area contributed by atoms with Gasteiger partial charge in [-0.05, 0) is 49.6 Å². The molecule has 0 saturated heterocycles. The Morgan fingerprint density at radius 2 is 2.04 bits per heavy atom. The normalized spacial score (nSPS) is 15.4. The van der Waals surface area contributed by atoms with Crippen LogP contribution in [0.3, 0.4) is 0 Å². The van der Waals surface area contributed by atoms with Gasteiger partial charge in [-0.15, -0.1) is 0 Å². The van der Waals surface area contributed by atoms with Crippen LogP contribution >= 0.6 is 0 Å². The molecule has 7 heteroatoms. The highest BCUT2D eigenvalue weighted by molar-refractivity contribution is 5.93. The van der Waals surface area contributed by atoms with Crippen LogP contribution in [0.25, 0.3) is 0 Å². The number of hydrogen-bond acceptors (Lipinski definition) is 5. The quantitative estimate of drug-likeness (QED) is 0.253. The smallest absolute Gasteiger partial charge is 0.245 e. The first-order valence-corrected chi connectivity index (χ1v) is 9.55. The predicted molar refractivity (Wildman–Crippen MR) is 112 cm³/mol. The number of benzene rings is 1. The first-order valence-electron chi connectivity index (χ1n) is 9.55. The second-order valence-corrected chi connectivity index (χ2v) is 7.36. The highest BCUT2D eigenvalue weighted by Gasteiger charge is 2.23. The van der Waals surface area contributed by atoms with Gasteiger partial charge in [0.1, 0.15) is 17.7 Å². The Labute approximate surface area is 166 Å². The molecule has 0 radical (unpaired) electrons. The average molecular weight is 382 g/mol. The van der Waals surface area contributed by atoms with Crippen molar-refractivity contribution in [2.45, 2.75) is 52.7 Å². The Balaban J connectivity index is 1.86. The average Bonchev–Trinajstić information content (AvgIpc) is 3.11. The van der Waals surface area contributed by atoms with Crippen molar-refractivity contribution in [3.8, 4) is 0 Å². The van der Waals surface area contributed by atoms with Crippen LogP contribution in [0.15, 0.2) is 36.4 Å². The molecule has 1 aliphatic heterocycles. The van der Waals surface area contributed by atoms with E-state index in [2.05, 4.69) is 28.4 Å². The van der Waals surface area contributed by atoms with Crippen molar-refractivity contribution >= 4 is 18.0 Å². The summed E-state index contributed by atoms with van der Waals surface area (Å²) in [7, 11) is 0.